The molecule has 0 aliphatic carbocycles. The molecule has 74 valence electrons. The van der Waals surface area contributed by atoms with Crippen molar-refractivity contribution in [1.29, 1.82) is 0 Å². The number of imidazole rings is 1. The number of hydrogen-bond acceptors (Lipinski definition) is 7. The maximum absolute atomic E-state index is 10.3. The minimum atomic E-state index is -1.51. The second-order valence-electron chi connectivity index (χ2n) is 2.38. The van der Waals surface area contributed by atoms with Gasteiger partial charge in [0.1, 0.15) is 0 Å². The molecule has 1 aromatic heterocycles. The molecule has 1 unspecified atom stereocenters. The number of nitro groups is 2. The highest BCUT2D eigenvalue weighted by molar-refractivity contribution is 5.49. The van der Waals surface area contributed by atoms with E-state index in [2.05, 4.69) is 15.0 Å². The third-order valence-corrected chi connectivity index (χ3v) is 1.56. The van der Waals surface area contributed by atoms with E-state index >= 15 is 0 Å². The van der Waals surface area contributed by atoms with E-state index in [1.807, 2.05) is 0 Å². The third-order valence-electron chi connectivity index (χ3n) is 1.56. The Morgan fingerprint density at radius 3 is 2.86 bits per heavy atom. The summed E-state index contributed by atoms with van der Waals surface area (Å²) >= 11 is 0. The second kappa shape index (κ2) is 2.55. The number of rotatable bonds is 2. The van der Waals surface area contributed by atoms with Gasteiger partial charge in [0.15, 0.2) is 11.4 Å². The van der Waals surface area contributed by atoms with Crippen LogP contribution in [-0.4, -0.2) is 26.0 Å². The lowest BCUT2D eigenvalue weighted by molar-refractivity contribution is -0.563. The lowest BCUT2D eigenvalue weighted by Crippen LogP contribution is -2.30. The van der Waals surface area contributed by atoms with E-state index in [1.54, 1.807) is 0 Å². The van der Waals surface area contributed by atoms with Crippen LogP contribution in [0, 0.1) is 20.2 Å². The zero-order valence-electron chi connectivity index (χ0n) is 6.48. The van der Waals surface area contributed by atoms with Crippen LogP contribution in [0.25, 0.3) is 0 Å². The number of aromatic nitrogens is 2. The predicted molar refractivity (Wildman–Crippen MR) is 39.7 cm³/mol. The molecular weight excluding hydrogens is 198 g/mol. The fraction of sp³-hybridized carbons (Fsp3) is 0.250. The van der Waals surface area contributed by atoms with Crippen molar-refractivity contribution in [3.63, 3.8) is 0 Å². The van der Waals surface area contributed by atoms with Crippen molar-refractivity contribution in [2.75, 3.05) is 5.32 Å². The summed E-state index contributed by atoms with van der Waals surface area (Å²) in [6.07, 6.45) is -0.617. The van der Waals surface area contributed by atoms with Gasteiger partial charge in [-0.05, 0) is 4.68 Å². The van der Waals surface area contributed by atoms with E-state index in [4.69, 9.17) is 0 Å². The highest BCUT2D eigenvalue weighted by Crippen LogP contribution is 2.29. The standard InChI is InChI=1S/C4H3N5O5/c10-8(11)4-6-2-3(14-4)7(1-5-2)9(12)13/h1,4,6H. The quantitative estimate of drug-likeness (QED) is 0.494. The first-order valence-corrected chi connectivity index (χ1v) is 3.38. The SMILES string of the molecule is O=[N+]([O-])C1Nc2ncn([N+](=O)[O-])c2O1. The lowest BCUT2D eigenvalue weighted by Gasteiger charge is -2.00. The summed E-state index contributed by atoms with van der Waals surface area (Å²) in [6.45, 7) is 0. The molecule has 0 saturated carbocycles. The Labute approximate surface area is 75.4 Å². The molecule has 1 atom stereocenters. The summed E-state index contributed by atoms with van der Waals surface area (Å²) < 4.78 is 5.11. The van der Waals surface area contributed by atoms with Crippen molar-refractivity contribution in [2.24, 2.45) is 0 Å². The van der Waals surface area contributed by atoms with Gasteiger partial charge in [-0.2, -0.15) is 0 Å². The summed E-state index contributed by atoms with van der Waals surface area (Å²) in [7, 11) is 0. The van der Waals surface area contributed by atoms with Crippen LogP contribution in [0.3, 0.4) is 0 Å². The van der Waals surface area contributed by atoms with Crippen LogP contribution in [-0.2, 0) is 0 Å². The van der Waals surface area contributed by atoms with Gasteiger partial charge in [0.05, 0.1) is 4.92 Å². The van der Waals surface area contributed by atoms with Crippen LogP contribution in [0.1, 0.15) is 0 Å². The van der Waals surface area contributed by atoms with Gasteiger partial charge >= 0.3 is 12.2 Å². The highest BCUT2D eigenvalue weighted by Gasteiger charge is 2.37. The van der Waals surface area contributed by atoms with Crippen molar-refractivity contribution in [2.45, 2.75) is 6.35 Å². The molecule has 0 bridgehead atoms. The van der Waals surface area contributed by atoms with Crippen LogP contribution < -0.4 is 10.1 Å². The maximum atomic E-state index is 10.3. The first kappa shape index (κ1) is 8.22. The molecule has 2 heterocycles. The third kappa shape index (κ3) is 1.01. The minimum Gasteiger partial charge on any atom is -0.387 e. The highest BCUT2D eigenvalue weighted by atomic mass is 16.7. The average Bonchev–Trinajstić information content (AvgIpc) is 2.58. The number of nitrogens with zero attached hydrogens (tertiary/aromatic N) is 4. The number of hydrogen-bond donors (Lipinski definition) is 1. The van der Waals surface area contributed by atoms with Crippen molar-refractivity contribution in [3.8, 4) is 5.88 Å². The molecule has 0 amide bonds. The molecule has 0 radical (unpaired) electrons. The van der Waals surface area contributed by atoms with Gasteiger partial charge in [-0.1, -0.05) is 0 Å². The van der Waals surface area contributed by atoms with E-state index in [-0.39, 0.29) is 11.7 Å². The van der Waals surface area contributed by atoms with Gasteiger partial charge in [-0.15, -0.1) is 0 Å². The van der Waals surface area contributed by atoms with E-state index in [9.17, 15) is 20.2 Å². The summed E-state index contributed by atoms with van der Waals surface area (Å²) in [6, 6.07) is 0. The fourth-order valence-corrected chi connectivity index (χ4v) is 1.00. The summed E-state index contributed by atoms with van der Waals surface area (Å²) in [5.41, 5.74) is 0. The second-order valence-corrected chi connectivity index (χ2v) is 2.38. The molecule has 14 heavy (non-hydrogen) atoms. The Kier molecular flexibility index (Phi) is 1.50. The number of fused-ring (bicyclic) bond motifs is 1. The van der Waals surface area contributed by atoms with Gasteiger partial charge in [0.25, 0.3) is 0 Å². The fourth-order valence-electron chi connectivity index (χ4n) is 1.00. The van der Waals surface area contributed by atoms with Crippen molar-refractivity contribution < 1.29 is 14.7 Å². The normalized spacial score (nSPS) is 18.1. The van der Waals surface area contributed by atoms with E-state index in [0.29, 0.717) is 4.68 Å². The molecular formula is C4H3N5O5. The van der Waals surface area contributed by atoms with Crippen molar-refractivity contribution in [3.05, 3.63) is 26.6 Å². The van der Waals surface area contributed by atoms with Gasteiger partial charge in [0, 0.05) is 0 Å². The van der Waals surface area contributed by atoms with Gasteiger partial charge in [0.2, 0.25) is 5.82 Å². The Balaban J connectivity index is 2.32. The van der Waals surface area contributed by atoms with Crippen molar-refractivity contribution >= 4 is 5.82 Å². The monoisotopic (exact) mass is 201 g/mol. The molecule has 10 nitrogen and oxygen atoms in total. The van der Waals surface area contributed by atoms with Gasteiger partial charge in [-0.25, -0.2) is 15.1 Å². The van der Waals surface area contributed by atoms with Crippen LogP contribution >= 0.6 is 0 Å². The number of nitrogens with one attached hydrogen (secondary N) is 1. The predicted octanol–water partition coefficient (Wildman–Crippen LogP) is -0.712. The van der Waals surface area contributed by atoms with E-state index in [1.165, 1.54) is 0 Å². The average molecular weight is 201 g/mol. The topological polar surface area (TPSA) is 125 Å². The molecule has 2 rings (SSSR count). The molecule has 1 aromatic rings. The molecule has 1 aliphatic heterocycles. The Morgan fingerprint density at radius 1 is 1.57 bits per heavy atom. The summed E-state index contributed by atoms with van der Waals surface area (Å²) in [5.74, 6) is -0.278. The largest absolute Gasteiger partial charge is 0.441 e. The van der Waals surface area contributed by atoms with Crippen LogP contribution in [0.4, 0.5) is 5.82 Å². The molecule has 0 fully saturated rings. The Morgan fingerprint density at radius 2 is 2.29 bits per heavy atom. The zero-order chi connectivity index (χ0) is 10.3. The number of ether oxygens (including phenoxy) is 1. The Bertz CT molecular complexity index is 412. The summed E-state index contributed by atoms with van der Waals surface area (Å²) in [5, 5.41) is 22.1. The lowest BCUT2D eigenvalue weighted by atomic mass is 10.7. The molecule has 10 heteroatoms. The molecule has 1 aliphatic rings. The van der Waals surface area contributed by atoms with E-state index < -0.39 is 16.3 Å². The smallest absolute Gasteiger partial charge is 0.387 e. The van der Waals surface area contributed by atoms with Crippen molar-refractivity contribution in [1.82, 2.24) is 9.66 Å². The first-order chi connectivity index (χ1) is 6.59. The zero-order valence-corrected chi connectivity index (χ0v) is 6.48. The molecule has 1 N–H and O–H groups in total. The first-order valence-electron chi connectivity index (χ1n) is 3.38. The molecule has 0 spiro atoms. The minimum absolute atomic E-state index is 0.0107. The van der Waals surface area contributed by atoms with Gasteiger partial charge in [-0.3, -0.25) is 15.4 Å². The Hall–Kier alpha value is -2.39. The van der Waals surface area contributed by atoms with Crippen LogP contribution in [0.2, 0.25) is 0 Å². The van der Waals surface area contributed by atoms with Gasteiger partial charge < -0.3 is 4.74 Å². The molecule has 0 saturated heterocycles. The van der Waals surface area contributed by atoms with E-state index in [0.717, 1.165) is 6.33 Å². The maximum Gasteiger partial charge on any atom is 0.441 e. The number of anilines is 1. The molecule has 0 aromatic carbocycles. The van der Waals surface area contributed by atoms with Crippen LogP contribution in [0.15, 0.2) is 6.33 Å². The summed E-state index contributed by atoms with van der Waals surface area (Å²) in [4.78, 5) is 23.4. The van der Waals surface area contributed by atoms with Crippen LogP contribution in [0.5, 0.6) is 5.88 Å².